The van der Waals surface area contributed by atoms with Crippen LogP contribution in [0.1, 0.15) is 37.7 Å². The molecule has 108 valence electrons. The number of rotatable bonds is 1. The SMILES string of the molecule is OC1(c2ccc3ccccc3c2)CC2CC1C1CCCC21. The van der Waals surface area contributed by atoms with Crippen LogP contribution in [0.3, 0.4) is 0 Å². The highest BCUT2D eigenvalue weighted by molar-refractivity contribution is 5.83. The zero-order valence-electron chi connectivity index (χ0n) is 12.3. The Balaban J connectivity index is 1.59. The normalized spacial score (nSPS) is 40.8. The molecule has 2 bridgehead atoms. The molecule has 2 aromatic carbocycles. The van der Waals surface area contributed by atoms with E-state index in [0.29, 0.717) is 5.92 Å². The largest absolute Gasteiger partial charge is 0.385 e. The van der Waals surface area contributed by atoms with Crippen molar-refractivity contribution in [3.05, 3.63) is 48.0 Å². The van der Waals surface area contributed by atoms with Crippen molar-refractivity contribution >= 4 is 10.8 Å². The standard InChI is InChI=1S/C20H22O/c21-20(12-15-11-19(20)18-7-3-6-17(15)18)16-9-8-13-4-1-2-5-14(13)10-16/h1-2,4-5,8-10,15,17-19,21H,3,6-7,11-12H2. The van der Waals surface area contributed by atoms with Gasteiger partial charge >= 0.3 is 0 Å². The summed E-state index contributed by atoms with van der Waals surface area (Å²) in [7, 11) is 0. The van der Waals surface area contributed by atoms with Gasteiger partial charge in [0, 0.05) is 0 Å². The molecule has 1 nitrogen and oxygen atoms in total. The maximum absolute atomic E-state index is 11.5. The quantitative estimate of drug-likeness (QED) is 0.815. The van der Waals surface area contributed by atoms with Crippen LogP contribution in [0.4, 0.5) is 0 Å². The first-order valence-corrected chi connectivity index (χ1v) is 8.47. The molecule has 3 aliphatic rings. The molecule has 3 fully saturated rings. The van der Waals surface area contributed by atoms with E-state index in [2.05, 4.69) is 42.5 Å². The molecule has 5 atom stereocenters. The second-order valence-electron chi connectivity index (χ2n) is 7.55. The zero-order valence-corrected chi connectivity index (χ0v) is 12.3. The molecule has 1 N–H and O–H groups in total. The van der Waals surface area contributed by atoms with Gasteiger partial charge in [0.2, 0.25) is 0 Å². The summed E-state index contributed by atoms with van der Waals surface area (Å²) < 4.78 is 0. The average molecular weight is 278 g/mol. The van der Waals surface area contributed by atoms with Gasteiger partial charge in [-0.1, -0.05) is 42.8 Å². The molecule has 1 heteroatoms. The number of hydrogen-bond acceptors (Lipinski definition) is 1. The first-order valence-electron chi connectivity index (χ1n) is 8.47. The lowest BCUT2D eigenvalue weighted by atomic mass is 9.70. The van der Waals surface area contributed by atoms with Gasteiger partial charge in [-0.25, -0.2) is 0 Å². The lowest BCUT2D eigenvalue weighted by molar-refractivity contribution is -0.0511. The van der Waals surface area contributed by atoms with Gasteiger partial charge < -0.3 is 5.11 Å². The van der Waals surface area contributed by atoms with Gasteiger partial charge in [-0.05, 0) is 71.8 Å². The van der Waals surface area contributed by atoms with E-state index in [1.54, 1.807) is 0 Å². The fraction of sp³-hybridized carbons (Fsp3) is 0.500. The fourth-order valence-corrected chi connectivity index (χ4v) is 5.90. The van der Waals surface area contributed by atoms with Crippen molar-refractivity contribution in [2.45, 2.75) is 37.7 Å². The maximum atomic E-state index is 11.5. The number of fused-ring (bicyclic) bond motifs is 6. The molecule has 5 rings (SSSR count). The minimum absolute atomic E-state index is 0.510. The molecule has 3 saturated carbocycles. The van der Waals surface area contributed by atoms with Gasteiger partial charge in [0.1, 0.15) is 0 Å². The van der Waals surface area contributed by atoms with Crippen molar-refractivity contribution < 1.29 is 5.11 Å². The summed E-state index contributed by atoms with van der Waals surface area (Å²) in [5.41, 5.74) is 0.610. The van der Waals surface area contributed by atoms with Gasteiger partial charge in [-0.3, -0.25) is 0 Å². The van der Waals surface area contributed by atoms with E-state index in [9.17, 15) is 5.11 Å². The molecule has 2 aromatic rings. The molecule has 3 aliphatic carbocycles. The summed E-state index contributed by atoms with van der Waals surface area (Å²) in [4.78, 5) is 0. The van der Waals surface area contributed by atoms with Gasteiger partial charge in [-0.15, -0.1) is 0 Å². The summed E-state index contributed by atoms with van der Waals surface area (Å²) in [6, 6.07) is 15.1. The van der Waals surface area contributed by atoms with Crippen molar-refractivity contribution in [3.63, 3.8) is 0 Å². The van der Waals surface area contributed by atoms with E-state index in [1.165, 1.54) is 42.0 Å². The van der Waals surface area contributed by atoms with E-state index in [0.717, 1.165) is 24.2 Å². The van der Waals surface area contributed by atoms with Crippen molar-refractivity contribution in [1.29, 1.82) is 0 Å². The van der Waals surface area contributed by atoms with Crippen molar-refractivity contribution in [1.82, 2.24) is 0 Å². The molecule has 0 heterocycles. The summed E-state index contributed by atoms with van der Waals surface area (Å²) in [5, 5.41) is 14.0. The van der Waals surface area contributed by atoms with Crippen molar-refractivity contribution in [3.8, 4) is 0 Å². The summed E-state index contributed by atoms with van der Waals surface area (Å²) in [6.07, 6.45) is 6.41. The molecule has 5 unspecified atom stereocenters. The Morgan fingerprint density at radius 1 is 0.952 bits per heavy atom. The van der Waals surface area contributed by atoms with Crippen LogP contribution in [-0.2, 0) is 5.60 Å². The Labute approximate surface area is 126 Å². The van der Waals surface area contributed by atoms with Crippen LogP contribution in [0.5, 0.6) is 0 Å². The number of aliphatic hydroxyl groups is 1. The van der Waals surface area contributed by atoms with E-state index >= 15 is 0 Å². The Morgan fingerprint density at radius 3 is 2.67 bits per heavy atom. The molecule has 0 spiro atoms. The molecule has 0 amide bonds. The Bertz CT molecular complexity index is 706. The second kappa shape index (κ2) is 4.10. The number of benzene rings is 2. The van der Waals surface area contributed by atoms with E-state index in [4.69, 9.17) is 0 Å². The van der Waals surface area contributed by atoms with Crippen LogP contribution in [0.15, 0.2) is 42.5 Å². The summed E-state index contributed by atoms with van der Waals surface area (Å²) in [5.74, 6) is 3.01. The molecule has 0 radical (unpaired) electrons. The van der Waals surface area contributed by atoms with Crippen LogP contribution in [0.25, 0.3) is 10.8 Å². The Hall–Kier alpha value is -1.34. The second-order valence-corrected chi connectivity index (χ2v) is 7.55. The van der Waals surface area contributed by atoms with Gasteiger partial charge in [0.05, 0.1) is 5.60 Å². The molecular weight excluding hydrogens is 256 g/mol. The monoisotopic (exact) mass is 278 g/mol. The predicted octanol–water partition coefficient (Wildman–Crippen LogP) is 4.48. The van der Waals surface area contributed by atoms with Crippen LogP contribution in [0, 0.1) is 23.7 Å². The summed E-state index contributed by atoms with van der Waals surface area (Å²) >= 11 is 0. The minimum atomic E-state index is -0.555. The third-order valence-corrected chi connectivity index (χ3v) is 6.74. The first kappa shape index (κ1) is 12.2. The number of hydrogen-bond donors (Lipinski definition) is 1. The Kier molecular flexibility index (Phi) is 2.39. The summed E-state index contributed by atoms with van der Waals surface area (Å²) in [6.45, 7) is 0. The van der Waals surface area contributed by atoms with Crippen LogP contribution >= 0.6 is 0 Å². The van der Waals surface area contributed by atoms with Crippen LogP contribution in [0.2, 0.25) is 0 Å². The lowest BCUT2D eigenvalue weighted by Crippen LogP contribution is -2.38. The third kappa shape index (κ3) is 1.56. The highest BCUT2D eigenvalue weighted by atomic mass is 16.3. The molecule has 0 aromatic heterocycles. The van der Waals surface area contributed by atoms with Crippen molar-refractivity contribution in [2.75, 3.05) is 0 Å². The topological polar surface area (TPSA) is 20.2 Å². The molecule has 0 saturated heterocycles. The smallest absolute Gasteiger partial charge is 0.0930 e. The van der Waals surface area contributed by atoms with E-state index in [1.807, 2.05) is 0 Å². The highest BCUT2D eigenvalue weighted by Crippen LogP contribution is 2.65. The minimum Gasteiger partial charge on any atom is -0.385 e. The van der Waals surface area contributed by atoms with Gasteiger partial charge in [-0.2, -0.15) is 0 Å². The average Bonchev–Trinajstić information content (AvgIpc) is 3.18. The maximum Gasteiger partial charge on any atom is 0.0930 e. The van der Waals surface area contributed by atoms with Gasteiger partial charge in [0.15, 0.2) is 0 Å². The van der Waals surface area contributed by atoms with Crippen LogP contribution in [-0.4, -0.2) is 5.11 Å². The zero-order chi connectivity index (χ0) is 14.0. The lowest BCUT2D eigenvalue weighted by Gasteiger charge is -2.39. The molecule has 21 heavy (non-hydrogen) atoms. The fourth-order valence-electron chi connectivity index (χ4n) is 5.90. The van der Waals surface area contributed by atoms with E-state index in [-0.39, 0.29) is 0 Å². The van der Waals surface area contributed by atoms with E-state index < -0.39 is 5.60 Å². The van der Waals surface area contributed by atoms with Crippen molar-refractivity contribution in [2.24, 2.45) is 23.7 Å². The molecular formula is C20H22O. The predicted molar refractivity (Wildman–Crippen MR) is 84.9 cm³/mol. The van der Waals surface area contributed by atoms with Gasteiger partial charge in [0.25, 0.3) is 0 Å². The first-order chi connectivity index (χ1) is 10.3. The Morgan fingerprint density at radius 2 is 1.76 bits per heavy atom. The molecule has 0 aliphatic heterocycles. The third-order valence-electron chi connectivity index (χ3n) is 6.74. The van der Waals surface area contributed by atoms with Crippen LogP contribution < -0.4 is 0 Å². The highest BCUT2D eigenvalue weighted by Gasteiger charge is 2.60.